The minimum atomic E-state index is -1.94. The average molecular weight is 930 g/mol. The molecule has 4 heterocycles. The number of hydrogen-bond acceptors (Lipinski definition) is 13. The van der Waals surface area contributed by atoms with E-state index in [0.29, 0.717) is 57.3 Å². The summed E-state index contributed by atoms with van der Waals surface area (Å²) in [5.74, 6) is 12.9. The van der Waals surface area contributed by atoms with Crippen LogP contribution >= 0.6 is 0 Å². The molecule has 10 bridgehead atoms. The number of phenols is 1. The van der Waals surface area contributed by atoms with Crippen LogP contribution in [0.3, 0.4) is 0 Å². The number of nitrogens with two attached hydrogens (primary N) is 1. The van der Waals surface area contributed by atoms with Crippen LogP contribution < -0.4 is 26.4 Å². The maximum Gasteiger partial charge on any atom is 0.302 e. The van der Waals surface area contributed by atoms with Crippen molar-refractivity contribution in [3.8, 4) is 35.2 Å². The Labute approximate surface area is 401 Å². The Morgan fingerprint density at radius 3 is 2.60 bits per heavy atom. The predicted molar refractivity (Wildman–Crippen MR) is 262 cm³/mol. The third-order valence-corrected chi connectivity index (χ3v) is 15.2. The van der Waals surface area contributed by atoms with Gasteiger partial charge < -0.3 is 56.7 Å². The zero-order valence-electron chi connectivity index (χ0n) is 40.1. The molecule has 13 heteroatoms. The molecule has 1 aliphatic carbocycles. The van der Waals surface area contributed by atoms with E-state index in [4.69, 9.17) is 20.2 Å². The standard InChI is InChI=1S/C55H71N5O8/c1-33-17-34(2)19-39(18-33)22-43-30-57-53(56)59-31-54(35(3)61)14-11-41-21-38-8-6-10-44(23-37-7-5-9-40(43)20-37)58-32-55(28-38)29-46(13-16-60-55)68-51-25-42(48(52(65)66)27-49(51)64)24-47(41)50(67-36(4)62)26-45(63)12-15-54/h5,7,9,17-20,25,27,35,38,41,43-47,50,52,58,60-61,63-66H,10,12-13,15-16,21-24,26,28-32H2,1-4H3,(H3,56,57,59). The van der Waals surface area contributed by atoms with E-state index in [2.05, 4.69) is 95.9 Å². The van der Waals surface area contributed by atoms with Crippen LogP contribution in [0.25, 0.3) is 0 Å². The first-order chi connectivity index (χ1) is 32.5. The molecule has 0 amide bonds. The maximum absolute atomic E-state index is 13.0. The highest BCUT2D eigenvalue weighted by atomic mass is 16.5. The number of aryl methyl sites for hydroxylation is 2. The van der Waals surface area contributed by atoms with Crippen molar-refractivity contribution in [1.29, 1.82) is 0 Å². The molecule has 3 aromatic rings. The van der Waals surface area contributed by atoms with E-state index in [1.807, 2.05) is 0 Å². The third-order valence-electron chi connectivity index (χ3n) is 15.2. The number of hydrogen-bond donors (Lipinski definition) is 9. The Bertz CT molecular complexity index is 2430. The molecule has 0 radical (unpaired) electrons. The van der Waals surface area contributed by atoms with Crippen LogP contribution in [0.5, 0.6) is 11.5 Å². The largest absolute Gasteiger partial charge is 0.504 e. The topological polar surface area (TPSA) is 211 Å². The van der Waals surface area contributed by atoms with E-state index < -0.39 is 53.4 Å². The van der Waals surface area contributed by atoms with Gasteiger partial charge in [0, 0.05) is 80.1 Å². The smallest absolute Gasteiger partial charge is 0.302 e. The highest BCUT2D eigenvalue weighted by Gasteiger charge is 2.44. The monoisotopic (exact) mass is 930 g/mol. The highest BCUT2D eigenvalue weighted by molar-refractivity contribution is 5.78. The number of guanidine groups is 1. The molecule has 0 aromatic heterocycles. The number of esters is 1. The summed E-state index contributed by atoms with van der Waals surface area (Å²) < 4.78 is 12.9. The quantitative estimate of drug-likeness (QED) is 0.0966. The second-order valence-electron chi connectivity index (χ2n) is 20.7. The summed E-state index contributed by atoms with van der Waals surface area (Å²) in [7, 11) is 0. The number of aliphatic hydroxyl groups is 4. The van der Waals surface area contributed by atoms with Crippen molar-refractivity contribution in [3.63, 3.8) is 0 Å². The number of nitrogens with one attached hydrogen (secondary N) is 3. The lowest BCUT2D eigenvalue weighted by molar-refractivity contribution is -0.152. The number of ether oxygens (including phenoxy) is 2. The van der Waals surface area contributed by atoms with Gasteiger partial charge in [0.05, 0.1) is 24.2 Å². The minimum Gasteiger partial charge on any atom is -0.504 e. The van der Waals surface area contributed by atoms with Crippen molar-refractivity contribution in [3.05, 3.63) is 93.5 Å². The Kier molecular flexibility index (Phi) is 15.4. The summed E-state index contributed by atoms with van der Waals surface area (Å²) in [4.78, 5) is 17.9. The third kappa shape index (κ3) is 12.0. The van der Waals surface area contributed by atoms with Gasteiger partial charge in [-0.1, -0.05) is 71.4 Å². The number of aliphatic hydroxyl groups excluding tert-OH is 3. The molecule has 11 atom stereocenters. The van der Waals surface area contributed by atoms with Crippen molar-refractivity contribution in [2.24, 2.45) is 33.9 Å². The van der Waals surface area contributed by atoms with Crippen LogP contribution in [0.1, 0.15) is 116 Å². The van der Waals surface area contributed by atoms with Gasteiger partial charge in [-0.15, -0.1) is 5.92 Å². The van der Waals surface area contributed by atoms with E-state index in [1.54, 1.807) is 13.0 Å². The minimum absolute atomic E-state index is 0.0199. The number of phenolic OH excluding ortho intramolecular Hbond substituents is 1. The van der Waals surface area contributed by atoms with Crippen LogP contribution in [0.15, 0.2) is 59.6 Å². The van der Waals surface area contributed by atoms with Crippen LogP contribution in [0.2, 0.25) is 0 Å². The molecule has 8 rings (SSSR count). The Morgan fingerprint density at radius 1 is 1.03 bits per heavy atom. The number of benzene rings is 3. The number of rotatable bonds is 5. The van der Waals surface area contributed by atoms with Gasteiger partial charge in [-0.05, 0) is 113 Å². The molecule has 4 aliphatic heterocycles. The van der Waals surface area contributed by atoms with Crippen molar-refractivity contribution >= 4 is 11.9 Å². The van der Waals surface area contributed by atoms with Gasteiger partial charge >= 0.3 is 5.97 Å². The Morgan fingerprint density at radius 2 is 1.84 bits per heavy atom. The van der Waals surface area contributed by atoms with Crippen LogP contribution in [0, 0.1) is 60.7 Å². The second kappa shape index (κ2) is 21.3. The van der Waals surface area contributed by atoms with Crippen molar-refractivity contribution < 1.29 is 39.8 Å². The lowest BCUT2D eigenvalue weighted by Crippen LogP contribution is -2.60. The van der Waals surface area contributed by atoms with Crippen molar-refractivity contribution in [1.82, 2.24) is 16.0 Å². The van der Waals surface area contributed by atoms with Crippen LogP contribution in [0.4, 0.5) is 0 Å². The number of aliphatic imine (C=N–C) groups is 1. The lowest BCUT2D eigenvalue weighted by atomic mass is 9.70. The molecular formula is C55H71N5O8. The lowest BCUT2D eigenvalue weighted by Gasteiger charge is -2.44. The maximum atomic E-state index is 13.0. The molecule has 68 heavy (non-hydrogen) atoms. The van der Waals surface area contributed by atoms with E-state index >= 15 is 0 Å². The molecule has 13 nitrogen and oxygen atoms in total. The highest BCUT2D eigenvalue weighted by Crippen LogP contribution is 2.43. The van der Waals surface area contributed by atoms with Crippen LogP contribution in [-0.4, -0.2) is 99.6 Å². The summed E-state index contributed by atoms with van der Waals surface area (Å²) in [5.41, 5.74) is 11.7. The normalized spacial score (nSPS) is 31.3. The Hall–Kier alpha value is -5.12. The molecule has 364 valence electrons. The fourth-order valence-corrected chi connectivity index (χ4v) is 11.6. The number of carbonyl (C=O) groups is 1. The molecule has 3 aromatic carbocycles. The van der Waals surface area contributed by atoms with Gasteiger partial charge in [-0.2, -0.15) is 0 Å². The van der Waals surface area contributed by atoms with Crippen molar-refractivity contribution in [2.75, 3.05) is 26.2 Å². The number of piperidine rings is 1. The number of fused-ring (bicyclic) bond motifs is 8. The predicted octanol–water partition coefficient (Wildman–Crippen LogP) is 4.75. The zero-order valence-corrected chi connectivity index (χ0v) is 40.1. The van der Waals surface area contributed by atoms with Gasteiger partial charge in [0.1, 0.15) is 12.2 Å². The summed E-state index contributed by atoms with van der Waals surface area (Å²) in [5, 5.41) is 67.9. The second-order valence-corrected chi connectivity index (χ2v) is 20.7. The number of nitrogens with zero attached hydrogens (tertiary/aromatic N) is 1. The SMILES string of the molecule is CC(=O)OC1CC(O)CCC2(C(C)O)C#CC3CC4C#CCC(Cc5cccc(c5)C(Cc5cc(C)cc(C)c5)CNC(N)=NC2)NCC2(C4)CC(CCN2)Oc2cc(c(C(O)O)cc2O)CC31. The molecule has 10 N–H and O–H groups in total. The zero-order chi connectivity index (χ0) is 48.2. The fraction of sp³-hybridized carbons (Fsp3) is 0.564. The summed E-state index contributed by atoms with van der Waals surface area (Å²) in [6, 6.07) is 18.5. The molecule has 1 spiro atoms. The molecule has 1 saturated heterocycles. The molecule has 1 fully saturated rings. The van der Waals surface area contributed by atoms with E-state index in [0.717, 1.165) is 12.8 Å². The van der Waals surface area contributed by atoms with E-state index in [-0.39, 0.29) is 79.2 Å². The van der Waals surface area contributed by atoms with Crippen LogP contribution in [-0.2, 0) is 28.8 Å². The van der Waals surface area contributed by atoms with Gasteiger partial charge in [0.15, 0.2) is 23.7 Å². The first-order valence-electron chi connectivity index (χ1n) is 24.7. The molecular weight excluding hydrogens is 859 g/mol. The number of aromatic hydroxyl groups is 1. The summed E-state index contributed by atoms with van der Waals surface area (Å²) in [6.45, 7) is 9.14. The van der Waals surface area contributed by atoms with Gasteiger partial charge in [-0.3, -0.25) is 9.79 Å². The fourth-order valence-electron chi connectivity index (χ4n) is 11.6. The van der Waals surface area contributed by atoms with Gasteiger partial charge in [0.25, 0.3) is 0 Å². The molecule has 5 aliphatic rings. The van der Waals surface area contributed by atoms with Gasteiger partial charge in [0.2, 0.25) is 0 Å². The molecule has 0 saturated carbocycles. The molecule has 11 unspecified atom stereocenters. The summed E-state index contributed by atoms with van der Waals surface area (Å²) >= 11 is 0. The van der Waals surface area contributed by atoms with Crippen molar-refractivity contribution in [2.45, 2.75) is 147 Å². The Balaban J connectivity index is 1.31. The first-order valence-corrected chi connectivity index (χ1v) is 24.7. The van der Waals surface area contributed by atoms with E-state index in [9.17, 15) is 30.3 Å². The average Bonchev–Trinajstić information content (AvgIpc) is 3.35. The summed E-state index contributed by atoms with van der Waals surface area (Å²) in [6.07, 6.45) is 0.203. The number of carbonyl (C=O) groups excluding carboxylic acids is 1. The first kappa shape index (κ1) is 49.3. The van der Waals surface area contributed by atoms with Gasteiger partial charge in [-0.25, -0.2) is 0 Å². The van der Waals surface area contributed by atoms with E-state index in [1.165, 1.54) is 40.8 Å².